The molecule has 2 heterocycles. The van der Waals surface area contributed by atoms with Crippen LogP contribution in [0, 0.1) is 5.82 Å². The molecule has 2 aromatic carbocycles. The number of anilines is 1. The molecule has 0 aliphatic rings. The second-order valence-corrected chi connectivity index (χ2v) is 6.84. The highest BCUT2D eigenvalue weighted by atomic mass is 19.1. The average Bonchev–Trinajstić information content (AvgIpc) is 3.18. The van der Waals surface area contributed by atoms with Gasteiger partial charge in [0.15, 0.2) is 0 Å². The molecule has 0 saturated heterocycles. The van der Waals surface area contributed by atoms with E-state index in [1.54, 1.807) is 18.2 Å². The highest BCUT2D eigenvalue weighted by Crippen LogP contribution is 2.30. The minimum atomic E-state index is -0.416. The lowest BCUT2D eigenvalue weighted by atomic mass is 10.1. The Kier molecular flexibility index (Phi) is 5.40. The van der Waals surface area contributed by atoms with Crippen LogP contribution in [0.15, 0.2) is 60.7 Å². The highest BCUT2D eigenvalue weighted by molar-refractivity contribution is 5.97. The second-order valence-electron chi connectivity index (χ2n) is 6.84. The van der Waals surface area contributed by atoms with Crippen LogP contribution < -0.4 is 10.6 Å². The molecule has 2 aromatic heterocycles. The van der Waals surface area contributed by atoms with Crippen LogP contribution in [0.1, 0.15) is 24.2 Å². The van der Waals surface area contributed by atoms with Gasteiger partial charge in [0.1, 0.15) is 17.3 Å². The maximum Gasteiger partial charge on any atom is 0.320 e. The van der Waals surface area contributed by atoms with E-state index < -0.39 is 6.03 Å². The molecule has 2 amide bonds. The Balaban J connectivity index is 1.58. The molecular formula is C22H20FN5O2. The summed E-state index contributed by atoms with van der Waals surface area (Å²) in [5.74, 6) is -0.0695. The van der Waals surface area contributed by atoms with E-state index in [-0.39, 0.29) is 24.3 Å². The summed E-state index contributed by atoms with van der Waals surface area (Å²) in [5.41, 5.74) is 3.17. The number of aromatic amines is 1. The van der Waals surface area contributed by atoms with Gasteiger partial charge < -0.3 is 10.4 Å². The fourth-order valence-electron chi connectivity index (χ4n) is 3.29. The standard InChI is InChI=1S/C22H20FN5O2/c1-13(14-5-3-2-4-6-14)24-22(30)26-19-11-17-20(18(12-29)25-19)21(28-27-17)15-7-9-16(23)10-8-15/h2-11,13,29H,12H2,1H3,(H,27,28)(H2,24,25,26,30)/t13-/m1/s1. The smallest absolute Gasteiger partial charge is 0.320 e. The Morgan fingerprint density at radius 1 is 1.17 bits per heavy atom. The number of benzene rings is 2. The van der Waals surface area contributed by atoms with Crippen LogP contribution in [0.2, 0.25) is 0 Å². The van der Waals surface area contributed by atoms with Gasteiger partial charge in [0, 0.05) is 11.6 Å². The van der Waals surface area contributed by atoms with Crippen LogP contribution >= 0.6 is 0 Å². The van der Waals surface area contributed by atoms with Crippen molar-refractivity contribution >= 4 is 22.8 Å². The molecule has 4 rings (SSSR count). The summed E-state index contributed by atoms with van der Waals surface area (Å²) in [6, 6.07) is 16.5. The summed E-state index contributed by atoms with van der Waals surface area (Å²) in [6.45, 7) is 1.54. The molecule has 152 valence electrons. The van der Waals surface area contributed by atoms with Gasteiger partial charge in [0.2, 0.25) is 0 Å². The molecule has 0 aliphatic carbocycles. The normalized spacial score (nSPS) is 12.0. The third kappa shape index (κ3) is 3.99. The molecule has 4 N–H and O–H groups in total. The van der Waals surface area contributed by atoms with Crippen molar-refractivity contribution in [1.82, 2.24) is 20.5 Å². The van der Waals surface area contributed by atoms with Gasteiger partial charge in [0.05, 0.1) is 29.2 Å². The summed E-state index contributed by atoms with van der Waals surface area (Å²) in [4.78, 5) is 16.8. The lowest BCUT2D eigenvalue weighted by molar-refractivity contribution is 0.249. The molecule has 0 radical (unpaired) electrons. The van der Waals surface area contributed by atoms with Crippen LogP contribution in [-0.4, -0.2) is 26.3 Å². The van der Waals surface area contributed by atoms with E-state index in [1.165, 1.54) is 12.1 Å². The largest absolute Gasteiger partial charge is 0.390 e. The summed E-state index contributed by atoms with van der Waals surface area (Å²) in [7, 11) is 0. The zero-order valence-electron chi connectivity index (χ0n) is 16.2. The topological polar surface area (TPSA) is 103 Å². The van der Waals surface area contributed by atoms with Crippen LogP contribution in [0.3, 0.4) is 0 Å². The summed E-state index contributed by atoms with van der Waals surface area (Å²) < 4.78 is 13.2. The number of fused-ring (bicyclic) bond motifs is 1. The molecule has 30 heavy (non-hydrogen) atoms. The van der Waals surface area contributed by atoms with Crippen LogP contribution in [-0.2, 0) is 6.61 Å². The monoisotopic (exact) mass is 405 g/mol. The number of aliphatic hydroxyl groups is 1. The molecule has 0 spiro atoms. The van der Waals surface area contributed by atoms with Crippen LogP contribution in [0.5, 0.6) is 0 Å². The first-order valence-electron chi connectivity index (χ1n) is 9.42. The molecule has 0 bridgehead atoms. The molecule has 0 unspecified atom stereocenters. The number of hydrogen-bond donors (Lipinski definition) is 4. The first kappa shape index (κ1) is 19.5. The van der Waals surface area contributed by atoms with Crippen molar-refractivity contribution in [2.75, 3.05) is 5.32 Å². The van der Waals surface area contributed by atoms with Gasteiger partial charge in [-0.15, -0.1) is 0 Å². The number of aromatic nitrogens is 3. The zero-order chi connectivity index (χ0) is 21.1. The number of nitrogens with one attached hydrogen (secondary N) is 3. The van der Waals surface area contributed by atoms with E-state index in [4.69, 9.17) is 0 Å². The van der Waals surface area contributed by atoms with Gasteiger partial charge in [0.25, 0.3) is 0 Å². The quantitative estimate of drug-likeness (QED) is 0.401. The Labute approximate surface area is 172 Å². The second kappa shape index (κ2) is 8.30. The van der Waals surface area contributed by atoms with E-state index >= 15 is 0 Å². The summed E-state index contributed by atoms with van der Waals surface area (Å²) >= 11 is 0. The van der Waals surface area contributed by atoms with Gasteiger partial charge in [-0.3, -0.25) is 10.4 Å². The number of amides is 2. The fourth-order valence-corrected chi connectivity index (χ4v) is 3.29. The molecule has 0 saturated carbocycles. The number of nitrogens with zero attached hydrogens (tertiary/aromatic N) is 2. The molecular weight excluding hydrogens is 385 g/mol. The van der Waals surface area contributed by atoms with Crippen LogP contribution in [0.4, 0.5) is 15.0 Å². The van der Waals surface area contributed by atoms with E-state index in [0.717, 1.165) is 5.56 Å². The van der Waals surface area contributed by atoms with Crippen molar-refractivity contribution in [1.29, 1.82) is 0 Å². The van der Waals surface area contributed by atoms with Crippen molar-refractivity contribution in [3.05, 3.63) is 77.7 Å². The fraction of sp³-hybridized carbons (Fsp3) is 0.136. The minimum Gasteiger partial charge on any atom is -0.390 e. The molecule has 8 heteroatoms. The lowest BCUT2D eigenvalue weighted by Crippen LogP contribution is -2.31. The van der Waals surface area contributed by atoms with Crippen molar-refractivity contribution < 1.29 is 14.3 Å². The minimum absolute atomic E-state index is 0.190. The molecule has 7 nitrogen and oxygen atoms in total. The number of urea groups is 1. The van der Waals surface area contributed by atoms with Crippen molar-refractivity contribution in [2.45, 2.75) is 19.6 Å². The predicted molar refractivity (Wildman–Crippen MR) is 112 cm³/mol. The van der Waals surface area contributed by atoms with E-state index in [0.29, 0.717) is 27.9 Å². The van der Waals surface area contributed by atoms with E-state index in [2.05, 4.69) is 25.8 Å². The van der Waals surface area contributed by atoms with E-state index in [1.807, 2.05) is 37.3 Å². The number of H-pyrrole nitrogens is 1. The number of carbonyl (C=O) groups excluding carboxylic acids is 1. The van der Waals surface area contributed by atoms with Gasteiger partial charge in [-0.05, 0) is 36.8 Å². The summed E-state index contributed by atoms with van der Waals surface area (Å²) in [6.07, 6.45) is 0. The number of hydrogen-bond acceptors (Lipinski definition) is 4. The maximum atomic E-state index is 13.2. The van der Waals surface area contributed by atoms with Crippen molar-refractivity contribution in [2.24, 2.45) is 0 Å². The van der Waals surface area contributed by atoms with Gasteiger partial charge in [-0.1, -0.05) is 30.3 Å². The summed E-state index contributed by atoms with van der Waals surface area (Å²) in [5, 5.41) is 23.2. The van der Waals surface area contributed by atoms with Gasteiger partial charge in [-0.25, -0.2) is 14.2 Å². The average molecular weight is 405 g/mol. The molecule has 1 atom stereocenters. The first-order valence-corrected chi connectivity index (χ1v) is 9.42. The molecule has 4 aromatic rings. The molecule has 0 fully saturated rings. The number of aliphatic hydroxyl groups excluding tert-OH is 1. The predicted octanol–water partition coefficient (Wildman–Crippen LogP) is 4.14. The van der Waals surface area contributed by atoms with Crippen molar-refractivity contribution in [3.8, 4) is 11.3 Å². The first-order chi connectivity index (χ1) is 14.5. The number of carbonyl (C=O) groups is 1. The third-order valence-electron chi connectivity index (χ3n) is 4.78. The third-order valence-corrected chi connectivity index (χ3v) is 4.78. The SMILES string of the molecule is C[C@@H](NC(=O)Nc1cc2[nH]nc(-c3ccc(F)cc3)c2c(CO)n1)c1ccccc1. The van der Waals surface area contributed by atoms with E-state index in [9.17, 15) is 14.3 Å². The van der Waals surface area contributed by atoms with Gasteiger partial charge >= 0.3 is 6.03 Å². The lowest BCUT2D eigenvalue weighted by Gasteiger charge is -2.15. The number of pyridine rings is 1. The Bertz CT molecular complexity index is 1180. The Hall–Kier alpha value is -3.78. The number of rotatable bonds is 5. The highest BCUT2D eigenvalue weighted by Gasteiger charge is 2.16. The number of halogens is 1. The maximum absolute atomic E-state index is 13.2. The molecule has 0 aliphatic heterocycles. The Morgan fingerprint density at radius 2 is 1.90 bits per heavy atom. The zero-order valence-corrected chi connectivity index (χ0v) is 16.2. The van der Waals surface area contributed by atoms with Crippen LogP contribution in [0.25, 0.3) is 22.2 Å². The Morgan fingerprint density at radius 3 is 2.60 bits per heavy atom. The van der Waals surface area contributed by atoms with Crippen molar-refractivity contribution in [3.63, 3.8) is 0 Å². The van der Waals surface area contributed by atoms with Gasteiger partial charge in [-0.2, -0.15) is 5.10 Å².